The quantitative estimate of drug-likeness (QED) is 0.641. The minimum Gasteiger partial charge on any atom is -0.462 e. The van der Waals surface area contributed by atoms with Gasteiger partial charge in [-0.3, -0.25) is 4.79 Å². The third kappa shape index (κ3) is 3.45. The number of carbonyl (C=O) groups is 2. The standard InChI is InChI=1S/C13H15NO3/c1-4-17-13(16)10-7-5-6-8-11(10)14-12(15)9(2)3/h5-8H,2,4H2,1,3H3,(H,14,15). The molecule has 0 saturated carbocycles. The van der Waals surface area contributed by atoms with Crippen LogP contribution in [0.3, 0.4) is 0 Å². The first-order chi connectivity index (χ1) is 8.06. The summed E-state index contributed by atoms with van der Waals surface area (Å²) in [5.74, 6) is -0.771. The second-order valence-corrected chi connectivity index (χ2v) is 3.50. The summed E-state index contributed by atoms with van der Waals surface area (Å²) in [6.45, 7) is 7.16. The van der Waals surface area contributed by atoms with Gasteiger partial charge in [0.1, 0.15) is 0 Å². The largest absolute Gasteiger partial charge is 0.462 e. The molecule has 4 nitrogen and oxygen atoms in total. The molecule has 0 bridgehead atoms. The monoisotopic (exact) mass is 233 g/mol. The summed E-state index contributed by atoms with van der Waals surface area (Å²) in [5.41, 5.74) is 1.14. The van der Waals surface area contributed by atoms with Crippen molar-refractivity contribution in [1.82, 2.24) is 0 Å². The zero-order valence-electron chi connectivity index (χ0n) is 9.95. The number of anilines is 1. The van der Waals surface area contributed by atoms with Crippen LogP contribution in [0.25, 0.3) is 0 Å². The predicted molar refractivity (Wildman–Crippen MR) is 65.8 cm³/mol. The number of amides is 1. The average molecular weight is 233 g/mol. The summed E-state index contributed by atoms with van der Waals surface area (Å²) in [5, 5.41) is 2.61. The maximum atomic E-state index is 11.6. The predicted octanol–water partition coefficient (Wildman–Crippen LogP) is 2.38. The summed E-state index contributed by atoms with van der Waals surface area (Å²) in [6.07, 6.45) is 0. The van der Waals surface area contributed by atoms with Crippen LogP contribution in [0, 0.1) is 0 Å². The van der Waals surface area contributed by atoms with Crippen LogP contribution in [0.15, 0.2) is 36.4 Å². The highest BCUT2D eigenvalue weighted by Gasteiger charge is 2.13. The van der Waals surface area contributed by atoms with Crippen LogP contribution in [0.1, 0.15) is 24.2 Å². The molecule has 0 aliphatic heterocycles. The minimum absolute atomic E-state index is 0.293. The Bertz CT molecular complexity index is 452. The molecule has 1 rings (SSSR count). The number of para-hydroxylation sites is 1. The molecule has 1 aromatic rings. The summed E-state index contributed by atoms with van der Waals surface area (Å²) >= 11 is 0. The lowest BCUT2D eigenvalue weighted by molar-refractivity contribution is -0.112. The van der Waals surface area contributed by atoms with Crippen molar-refractivity contribution < 1.29 is 14.3 Å². The number of benzene rings is 1. The molecule has 0 heterocycles. The molecule has 90 valence electrons. The van der Waals surface area contributed by atoms with E-state index in [9.17, 15) is 9.59 Å². The van der Waals surface area contributed by atoms with Crippen LogP contribution in [-0.2, 0) is 9.53 Å². The molecule has 17 heavy (non-hydrogen) atoms. The first kappa shape index (κ1) is 13.0. The SMILES string of the molecule is C=C(C)C(=O)Nc1ccccc1C(=O)OCC. The summed E-state index contributed by atoms with van der Waals surface area (Å²) < 4.78 is 4.90. The van der Waals surface area contributed by atoms with Crippen LogP contribution in [0.4, 0.5) is 5.69 Å². The van der Waals surface area contributed by atoms with Gasteiger partial charge in [0.2, 0.25) is 0 Å². The van der Waals surface area contributed by atoms with Gasteiger partial charge in [-0.15, -0.1) is 0 Å². The van der Waals surface area contributed by atoms with Gasteiger partial charge in [0.15, 0.2) is 0 Å². The van der Waals surface area contributed by atoms with Crippen LogP contribution in [0.5, 0.6) is 0 Å². The van der Waals surface area contributed by atoms with Gasteiger partial charge in [0.25, 0.3) is 5.91 Å². The van der Waals surface area contributed by atoms with E-state index in [2.05, 4.69) is 11.9 Å². The Hall–Kier alpha value is -2.10. The van der Waals surface area contributed by atoms with Gasteiger partial charge in [-0.25, -0.2) is 4.79 Å². The molecule has 0 saturated heterocycles. The number of hydrogen-bond acceptors (Lipinski definition) is 3. The maximum absolute atomic E-state index is 11.6. The maximum Gasteiger partial charge on any atom is 0.340 e. The molecular weight excluding hydrogens is 218 g/mol. The van der Waals surface area contributed by atoms with E-state index in [1.165, 1.54) is 0 Å². The third-order valence-corrected chi connectivity index (χ3v) is 2.06. The molecule has 0 fully saturated rings. The van der Waals surface area contributed by atoms with Crippen molar-refractivity contribution in [2.75, 3.05) is 11.9 Å². The molecule has 1 aromatic carbocycles. The van der Waals surface area contributed by atoms with Gasteiger partial charge in [0, 0.05) is 5.57 Å². The molecule has 0 aliphatic rings. The lowest BCUT2D eigenvalue weighted by Gasteiger charge is -2.09. The van der Waals surface area contributed by atoms with Gasteiger partial charge in [-0.1, -0.05) is 18.7 Å². The number of ether oxygens (including phenoxy) is 1. The number of carbonyl (C=O) groups excluding carboxylic acids is 2. The Kier molecular flexibility index (Phi) is 4.46. The normalized spacial score (nSPS) is 9.53. The molecule has 0 atom stereocenters. The molecule has 0 spiro atoms. The smallest absolute Gasteiger partial charge is 0.340 e. The molecular formula is C13H15NO3. The number of rotatable bonds is 4. The van der Waals surface area contributed by atoms with Crippen LogP contribution < -0.4 is 5.32 Å². The highest BCUT2D eigenvalue weighted by atomic mass is 16.5. The fourth-order valence-corrected chi connectivity index (χ4v) is 1.21. The number of nitrogens with one attached hydrogen (secondary N) is 1. The van der Waals surface area contributed by atoms with E-state index in [4.69, 9.17) is 4.74 Å². The van der Waals surface area contributed by atoms with Gasteiger partial charge in [0.05, 0.1) is 17.9 Å². The van der Waals surface area contributed by atoms with E-state index >= 15 is 0 Å². The number of esters is 1. The van der Waals surface area contributed by atoms with E-state index < -0.39 is 5.97 Å². The van der Waals surface area contributed by atoms with Gasteiger partial charge >= 0.3 is 5.97 Å². The Labute approximate surface area is 100 Å². The Morgan fingerprint density at radius 1 is 1.35 bits per heavy atom. The van der Waals surface area contributed by atoms with Gasteiger partial charge in [-0.05, 0) is 26.0 Å². The molecule has 1 N–H and O–H groups in total. The molecule has 4 heteroatoms. The second-order valence-electron chi connectivity index (χ2n) is 3.50. The third-order valence-electron chi connectivity index (χ3n) is 2.06. The first-order valence-corrected chi connectivity index (χ1v) is 5.29. The summed E-state index contributed by atoms with van der Waals surface area (Å²) in [7, 11) is 0. The molecule has 0 aromatic heterocycles. The zero-order chi connectivity index (χ0) is 12.8. The molecule has 0 aliphatic carbocycles. The fraction of sp³-hybridized carbons (Fsp3) is 0.231. The second kappa shape index (κ2) is 5.84. The molecule has 0 unspecified atom stereocenters. The summed E-state index contributed by atoms with van der Waals surface area (Å²) in [4.78, 5) is 23.1. The van der Waals surface area contributed by atoms with Crippen LogP contribution in [0.2, 0.25) is 0 Å². The average Bonchev–Trinajstić information content (AvgIpc) is 2.29. The number of hydrogen-bond donors (Lipinski definition) is 1. The Morgan fingerprint density at radius 2 is 2.00 bits per heavy atom. The first-order valence-electron chi connectivity index (χ1n) is 5.29. The topological polar surface area (TPSA) is 55.4 Å². The van der Waals surface area contributed by atoms with E-state index in [1.54, 1.807) is 38.1 Å². The van der Waals surface area contributed by atoms with Crippen molar-refractivity contribution in [1.29, 1.82) is 0 Å². The van der Waals surface area contributed by atoms with Crippen LogP contribution >= 0.6 is 0 Å². The van der Waals surface area contributed by atoms with E-state index in [0.29, 0.717) is 23.4 Å². The fourth-order valence-electron chi connectivity index (χ4n) is 1.21. The highest BCUT2D eigenvalue weighted by Crippen LogP contribution is 2.16. The van der Waals surface area contributed by atoms with Crippen molar-refractivity contribution in [3.05, 3.63) is 42.0 Å². The van der Waals surface area contributed by atoms with E-state index in [-0.39, 0.29) is 5.91 Å². The van der Waals surface area contributed by atoms with Crippen molar-refractivity contribution in [3.63, 3.8) is 0 Å². The van der Waals surface area contributed by atoms with E-state index in [1.807, 2.05) is 0 Å². The van der Waals surface area contributed by atoms with E-state index in [0.717, 1.165) is 0 Å². The van der Waals surface area contributed by atoms with Crippen LogP contribution in [-0.4, -0.2) is 18.5 Å². The van der Waals surface area contributed by atoms with Gasteiger partial charge < -0.3 is 10.1 Å². The van der Waals surface area contributed by atoms with Crippen molar-refractivity contribution in [2.24, 2.45) is 0 Å². The lowest BCUT2D eigenvalue weighted by Crippen LogP contribution is -2.15. The molecule has 0 radical (unpaired) electrons. The minimum atomic E-state index is -0.454. The van der Waals surface area contributed by atoms with Gasteiger partial charge in [-0.2, -0.15) is 0 Å². The summed E-state index contributed by atoms with van der Waals surface area (Å²) in [6, 6.07) is 6.69. The van der Waals surface area contributed by atoms with Crippen molar-refractivity contribution in [3.8, 4) is 0 Å². The van der Waals surface area contributed by atoms with Crippen molar-refractivity contribution in [2.45, 2.75) is 13.8 Å². The van der Waals surface area contributed by atoms with Crippen molar-refractivity contribution >= 4 is 17.6 Å². The Morgan fingerprint density at radius 3 is 2.59 bits per heavy atom. The Balaban J connectivity index is 2.96. The zero-order valence-corrected chi connectivity index (χ0v) is 9.95. The highest BCUT2D eigenvalue weighted by molar-refractivity contribution is 6.07. The molecule has 1 amide bonds. The lowest BCUT2D eigenvalue weighted by atomic mass is 10.1.